The van der Waals surface area contributed by atoms with Gasteiger partial charge in [-0.25, -0.2) is 0 Å². The first kappa shape index (κ1) is 11.9. The number of carboxylic acids is 1. The molecular weight excluding hydrogens is 212 g/mol. The largest absolute Gasteiger partial charge is 0.481 e. The van der Waals surface area contributed by atoms with Crippen molar-refractivity contribution in [3.05, 3.63) is 48.0 Å². The highest BCUT2D eigenvalue weighted by Gasteiger charge is 2.25. The zero-order valence-electron chi connectivity index (χ0n) is 10.0. The quantitative estimate of drug-likeness (QED) is 0.807. The third kappa shape index (κ3) is 2.76. The predicted molar refractivity (Wildman–Crippen MR) is 67.8 cm³/mol. The lowest BCUT2D eigenvalue weighted by atomic mass is 9.79. The van der Waals surface area contributed by atoms with Gasteiger partial charge in [-0.15, -0.1) is 0 Å². The lowest BCUT2D eigenvalue weighted by Gasteiger charge is -2.25. The highest BCUT2D eigenvalue weighted by Crippen LogP contribution is 2.33. The fourth-order valence-corrected chi connectivity index (χ4v) is 2.42. The van der Waals surface area contributed by atoms with Gasteiger partial charge in [0.15, 0.2) is 0 Å². The summed E-state index contributed by atoms with van der Waals surface area (Å²) < 4.78 is 0. The van der Waals surface area contributed by atoms with Gasteiger partial charge >= 0.3 is 5.97 Å². The summed E-state index contributed by atoms with van der Waals surface area (Å²) in [6, 6.07) is 10.4. The molecule has 1 aliphatic carbocycles. The number of carboxylic acid groups (broad SMARTS) is 1. The minimum Gasteiger partial charge on any atom is -0.481 e. The van der Waals surface area contributed by atoms with Crippen LogP contribution in [0.4, 0.5) is 0 Å². The maximum atomic E-state index is 10.9. The van der Waals surface area contributed by atoms with E-state index in [0.717, 1.165) is 12.8 Å². The molecule has 0 bridgehead atoms. The van der Waals surface area contributed by atoms with Crippen molar-refractivity contribution < 1.29 is 9.90 Å². The number of allylic oxidation sites excluding steroid dienone is 2. The normalized spacial score (nSPS) is 25.5. The number of hydrogen-bond donors (Lipinski definition) is 1. The summed E-state index contributed by atoms with van der Waals surface area (Å²) in [5.74, 6) is -0.332. The summed E-state index contributed by atoms with van der Waals surface area (Å²) in [6.45, 7) is 1.79. The van der Waals surface area contributed by atoms with Crippen molar-refractivity contribution >= 4 is 5.97 Å². The summed E-state index contributed by atoms with van der Waals surface area (Å²) >= 11 is 0. The zero-order valence-corrected chi connectivity index (χ0v) is 10.0. The third-order valence-corrected chi connectivity index (χ3v) is 3.66. The molecule has 0 aliphatic heterocycles. The van der Waals surface area contributed by atoms with E-state index in [2.05, 4.69) is 36.4 Å². The summed E-state index contributed by atoms with van der Waals surface area (Å²) in [5, 5.41) is 8.98. The second kappa shape index (κ2) is 5.17. The Balaban J connectivity index is 2.05. The Morgan fingerprint density at radius 2 is 1.94 bits per heavy atom. The fraction of sp³-hybridized carbons (Fsp3) is 0.400. The van der Waals surface area contributed by atoms with Crippen LogP contribution in [0, 0.1) is 11.8 Å². The van der Waals surface area contributed by atoms with Crippen LogP contribution in [0.15, 0.2) is 42.5 Å². The molecule has 1 aliphatic rings. The second-order valence-electron chi connectivity index (χ2n) is 4.77. The first-order chi connectivity index (χ1) is 8.18. The number of rotatable bonds is 3. The number of carbonyl (C=O) groups is 1. The maximum absolute atomic E-state index is 10.9. The van der Waals surface area contributed by atoms with E-state index in [1.54, 1.807) is 6.92 Å². The van der Waals surface area contributed by atoms with E-state index in [1.807, 2.05) is 6.07 Å². The van der Waals surface area contributed by atoms with Gasteiger partial charge in [-0.1, -0.05) is 49.4 Å². The monoisotopic (exact) mass is 230 g/mol. The Hall–Kier alpha value is -1.57. The highest BCUT2D eigenvalue weighted by atomic mass is 16.4. The molecule has 3 atom stereocenters. The number of aliphatic carboxylic acids is 1. The molecule has 1 N–H and O–H groups in total. The van der Waals surface area contributed by atoms with Crippen LogP contribution >= 0.6 is 0 Å². The van der Waals surface area contributed by atoms with E-state index < -0.39 is 5.97 Å². The van der Waals surface area contributed by atoms with Crippen LogP contribution < -0.4 is 0 Å². The van der Waals surface area contributed by atoms with Crippen molar-refractivity contribution in [1.82, 2.24) is 0 Å². The van der Waals surface area contributed by atoms with E-state index in [1.165, 1.54) is 5.56 Å². The van der Waals surface area contributed by atoms with E-state index in [4.69, 9.17) is 5.11 Å². The van der Waals surface area contributed by atoms with Crippen LogP contribution in [0.2, 0.25) is 0 Å². The smallest absolute Gasteiger partial charge is 0.306 e. The van der Waals surface area contributed by atoms with Gasteiger partial charge in [-0.2, -0.15) is 0 Å². The fourth-order valence-electron chi connectivity index (χ4n) is 2.42. The van der Waals surface area contributed by atoms with Crippen LogP contribution in [0.25, 0.3) is 0 Å². The molecule has 2 rings (SSSR count). The predicted octanol–water partition coefficient (Wildman–Crippen LogP) is 3.46. The Bertz CT molecular complexity index is 408. The molecule has 0 radical (unpaired) electrons. The molecule has 0 spiro atoms. The maximum Gasteiger partial charge on any atom is 0.306 e. The molecule has 0 fully saturated rings. The molecule has 0 heterocycles. The van der Waals surface area contributed by atoms with E-state index in [0.29, 0.717) is 5.92 Å². The first-order valence-corrected chi connectivity index (χ1v) is 6.14. The van der Waals surface area contributed by atoms with Gasteiger partial charge in [0.05, 0.1) is 5.92 Å². The molecule has 3 unspecified atom stereocenters. The summed E-state index contributed by atoms with van der Waals surface area (Å²) in [5.41, 5.74) is 1.32. The Morgan fingerprint density at radius 1 is 1.24 bits per heavy atom. The third-order valence-electron chi connectivity index (χ3n) is 3.66. The van der Waals surface area contributed by atoms with Gasteiger partial charge in [0, 0.05) is 5.92 Å². The van der Waals surface area contributed by atoms with Crippen molar-refractivity contribution in [1.29, 1.82) is 0 Å². The Labute approximate surface area is 102 Å². The lowest BCUT2D eigenvalue weighted by Crippen LogP contribution is -2.21. The molecule has 0 saturated carbocycles. The van der Waals surface area contributed by atoms with Gasteiger partial charge in [0.25, 0.3) is 0 Å². The van der Waals surface area contributed by atoms with Gasteiger partial charge in [0.1, 0.15) is 0 Å². The van der Waals surface area contributed by atoms with Crippen molar-refractivity contribution in [3.63, 3.8) is 0 Å². The average molecular weight is 230 g/mol. The molecule has 0 saturated heterocycles. The van der Waals surface area contributed by atoms with E-state index in [-0.39, 0.29) is 11.8 Å². The Morgan fingerprint density at radius 3 is 2.47 bits per heavy atom. The van der Waals surface area contributed by atoms with Crippen LogP contribution in [-0.4, -0.2) is 11.1 Å². The molecule has 0 aromatic heterocycles. The molecule has 1 aromatic rings. The van der Waals surface area contributed by atoms with Gasteiger partial charge in [0.2, 0.25) is 0 Å². The molecular formula is C15H18O2. The van der Waals surface area contributed by atoms with Crippen LogP contribution in [0.5, 0.6) is 0 Å². The summed E-state index contributed by atoms with van der Waals surface area (Å²) in [7, 11) is 0. The summed E-state index contributed by atoms with van der Waals surface area (Å²) in [4.78, 5) is 10.9. The van der Waals surface area contributed by atoms with Crippen molar-refractivity contribution in [2.24, 2.45) is 11.8 Å². The minimum absolute atomic E-state index is 0.187. The molecule has 0 amide bonds. The lowest BCUT2D eigenvalue weighted by molar-refractivity contribution is -0.142. The minimum atomic E-state index is -0.696. The second-order valence-corrected chi connectivity index (χ2v) is 4.77. The van der Waals surface area contributed by atoms with Gasteiger partial charge < -0.3 is 5.11 Å². The van der Waals surface area contributed by atoms with Crippen LogP contribution in [-0.2, 0) is 4.79 Å². The molecule has 2 nitrogen and oxygen atoms in total. The molecule has 2 heteroatoms. The van der Waals surface area contributed by atoms with Crippen molar-refractivity contribution in [2.45, 2.75) is 25.7 Å². The first-order valence-electron chi connectivity index (χ1n) is 6.14. The molecule has 90 valence electrons. The Kier molecular flexibility index (Phi) is 3.62. The van der Waals surface area contributed by atoms with Crippen LogP contribution in [0.1, 0.15) is 31.2 Å². The van der Waals surface area contributed by atoms with Gasteiger partial charge in [-0.3, -0.25) is 4.79 Å². The van der Waals surface area contributed by atoms with Crippen molar-refractivity contribution in [3.8, 4) is 0 Å². The van der Waals surface area contributed by atoms with Crippen LogP contribution in [0.3, 0.4) is 0 Å². The summed E-state index contributed by atoms with van der Waals surface area (Å²) in [6.07, 6.45) is 6.26. The van der Waals surface area contributed by atoms with E-state index in [9.17, 15) is 4.79 Å². The van der Waals surface area contributed by atoms with Crippen molar-refractivity contribution in [2.75, 3.05) is 0 Å². The average Bonchev–Trinajstić information content (AvgIpc) is 2.39. The standard InChI is InChI=1S/C15H18O2/c1-11(15(16)17)12-7-9-14(10-8-12)13-5-3-2-4-6-13/h2-7,9,11-12,14H,8,10H2,1H3,(H,16,17). The number of hydrogen-bond acceptors (Lipinski definition) is 1. The topological polar surface area (TPSA) is 37.3 Å². The highest BCUT2D eigenvalue weighted by molar-refractivity contribution is 5.70. The number of benzene rings is 1. The van der Waals surface area contributed by atoms with Gasteiger partial charge in [-0.05, 0) is 24.3 Å². The SMILES string of the molecule is CC(C(=O)O)C1C=CC(c2ccccc2)CC1. The zero-order chi connectivity index (χ0) is 12.3. The molecule has 1 aromatic carbocycles. The van der Waals surface area contributed by atoms with E-state index >= 15 is 0 Å². The molecule has 17 heavy (non-hydrogen) atoms.